The topological polar surface area (TPSA) is 890 Å². The maximum absolute atomic E-state index is 15.8. The number of aromatic hydroxyl groups is 2. The van der Waals surface area contributed by atoms with Crippen molar-refractivity contribution in [2.45, 2.75) is 232 Å². The maximum atomic E-state index is 15.8. The summed E-state index contributed by atoms with van der Waals surface area (Å²) in [5.41, 5.74) is 53.2. The van der Waals surface area contributed by atoms with Crippen LogP contribution in [0.3, 0.4) is 0 Å². The van der Waals surface area contributed by atoms with E-state index >= 15 is 52.7 Å². The molecule has 2 aliphatic heterocycles. The van der Waals surface area contributed by atoms with Crippen LogP contribution in [0.25, 0.3) is 0 Å². The van der Waals surface area contributed by atoms with Crippen molar-refractivity contribution in [1.82, 2.24) is 101 Å². The molecule has 14 atom stereocenters. The number of benzene rings is 3. The van der Waals surface area contributed by atoms with Gasteiger partial charge in [-0.05, 0) is 189 Å². The number of nitrogens with one attached hydrogen (secondary N) is 23. The highest BCUT2D eigenvalue weighted by Gasteiger charge is 2.42. The standard InChI is InChI=1S/C86H139N33O18S2/c87-34-6-4-17-54-71(126)113-60(18-5-7-35-88)79(134)119-42-14-25-66(119)78(133)116-63(45-50-28-32-52(121)33-29-50)75(130)112-57(21-10-38-103-83(94)95)70(125)110-59(23-12-41-106-86(100)137)73(128)117-64(76(131)114-61(80(135)136)24-13-40-105-85(98)99)46-138-139-47-65(77(132)115-62(44-49-26-30-51(120)31-27-49)74(129)111-56(69(124)108-54)20-9-37-102-82(92)93)118-72(127)58(22-11-39-104-84(96)97)109-68(123)55(19-8-36-101-81(90)91)107-67(122)53(89)43-48-15-2-1-3-16-48/h1-3,15-16,26-33,53-66,120-121H,4-14,17-25,34-47,87-89H2,(H,107,122)(H,108,124)(H,109,123)(H,110,125)(H,111,129)(H,112,130)(H,113,126)(H,114,131)(H,115,132)(H,116,133)(H,117,128)(H,118,127)(H,135,136)(H4,90,91,101)(H4,92,93,102)(H4,94,95,103)(H4,96,97,104)(H4,98,99,105)(H3,100,106,137)/t53-,54-,55-,56-,57-,58-,59-,60+,61-,62-,63-,64-,65-,66-/m0/s1. The molecular formula is C86H139N33O18S2. The lowest BCUT2D eigenvalue weighted by Gasteiger charge is -2.31. The van der Waals surface area contributed by atoms with E-state index in [1.807, 2.05) is 0 Å². The molecule has 44 N–H and O–H groups in total. The number of nitrogens with zero attached hydrogens (tertiary/aromatic N) is 1. The third kappa shape index (κ3) is 44.8. The number of phenols is 2. The molecule has 5 rings (SSSR count). The molecule has 0 aliphatic carbocycles. The van der Waals surface area contributed by atoms with Gasteiger partial charge in [0.25, 0.3) is 0 Å². The third-order valence-electron chi connectivity index (χ3n) is 22.1. The molecule has 0 bridgehead atoms. The zero-order valence-corrected chi connectivity index (χ0v) is 79.2. The lowest BCUT2D eigenvalue weighted by Crippen LogP contribution is -2.61. The number of carboxylic acids is 1. The first-order valence-corrected chi connectivity index (χ1v) is 48.4. The van der Waals surface area contributed by atoms with Gasteiger partial charge in [-0.1, -0.05) is 76.2 Å². The van der Waals surface area contributed by atoms with Crippen LogP contribution in [-0.4, -0.2) is 294 Å². The van der Waals surface area contributed by atoms with Gasteiger partial charge in [-0.3, -0.25) is 89.4 Å². The molecule has 2 heterocycles. The Bertz CT molecular complexity index is 4590. The molecule has 0 spiro atoms. The van der Waals surface area contributed by atoms with Crippen molar-refractivity contribution in [2.75, 3.05) is 70.4 Å². The van der Waals surface area contributed by atoms with Crippen LogP contribution in [0.15, 0.2) is 78.9 Å². The van der Waals surface area contributed by atoms with E-state index in [1.165, 1.54) is 53.4 Å². The summed E-state index contributed by atoms with van der Waals surface area (Å²) in [6.45, 7) is -0.281. The van der Waals surface area contributed by atoms with Crippen molar-refractivity contribution in [3.8, 4) is 11.5 Å². The van der Waals surface area contributed by atoms with Gasteiger partial charge in [0.1, 0.15) is 90.0 Å². The van der Waals surface area contributed by atoms with Gasteiger partial charge in [0.05, 0.1) is 6.04 Å². The minimum absolute atomic E-state index is 0.0120. The number of primary amides is 1. The molecule has 2 fully saturated rings. The highest BCUT2D eigenvalue weighted by Crippen LogP contribution is 2.26. The van der Waals surface area contributed by atoms with Gasteiger partial charge in [0, 0.05) is 70.2 Å². The Morgan fingerprint density at radius 1 is 0.410 bits per heavy atom. The lowest BCUT2D eigenvalue weighted by molar-refractivity contribution is -0.142. The Labute approximate surface area is 812 Å². The summed E-state index contributed by atoms with van der Waals surface area (Å²) in [5.74, 6) is -18.6. The fourth-order valence-electron chi connectivity index (χ4n) is 14.8. The van der Waals surface area contributed by atoms with Crippen LogP contribution in [0.4, 0.5) is 4.79 Å². The summed E-state index contributed by atoms with van der Waals surface area (Å²) in [5, 5.41) is 118. The highest BCUT2D eigenvalue weighted by atomic mass is 33.1. The number of fused-ring (bicyclic) bond motifs is 1. The summed E-state index contributed by atoms with van der Waals surface area (Å²) >= 11 is 0. The summed E-state index contributed by atoms with van der Waals surface area (Å²) in [7, 11) is 1.44. The number of phenolic OH excluding ortho intramolecular Hbond substituents is 2. The van der Waals surface area contributed by atoms with E-state index in [9.17, 15) is 34.5 Å². The Morgan fingerprint density at radius 2 is 0.784 bits per heavy atom. The summed E-state index contributed by atoms with van der Waals surface area (Å²) in [4.78, 5) is 224. The average Bonchev–Trinajstić information content (AvgIpc) is 1.71. The first-order chi connectivity index (χ1) is 66.2. The molecule has 768 valence electrons. The number of rotatable bonds is 47. The SMILES string of the molecule is N=C(N)NCCC[C@H](NC(=O)[C@@H]1CSSC[C@H](NC(=O)[C@H](CCCNC(=N)N)NC(=O)[C@H](CCCNC(=N)N)NC(=O)[C@@H](N)Cc2ccccc2)C(=O)N[C@@H](Cc2ccc(O)cc2)C(=O)N[C@@H](CCCNC(=N)N)C(=O)N[C@@H](CCCCN)C(=O)N[C@H](CCCCN)C(=O)N2CCC[C@H]2C(=O)N[C@@H](Cc2ccc(O)cc2)C(=O)N[C@@H](CCCNC(=N)N)C(=O)N[C@@H](CCCNC(N)=O)C(=O)N1)C(=O)O. The smallest absolute Gasteiger partial charge is 0.326 e. The van der Waals surface area contributed by atoms with E-state index in [4.69, 9.17) is 78.6 Å². The Kier molecular flexibility index (Phi) is 52.1. The molecule has 0 aromatic heterocycles. The molecule has 15 amide bonds. The van der Waals surface area contributed by atoms with E-state index in [-0.39, 0.29) is 198 Å². The molecule has 0 unspecified atom stereocenters. The third-order valence-corrected chi connectivity index (χ3v) is 24.5. The van der Waals surface area contributed by atoms with E-state index in [1.54, 1.807) is 30.3 Å². The molecule has 51 nitrogen and oxygen atoms in total. The number of carboxylic acid groups (broad SMARTS) is 1. The van der Waals surface area contributed by atoms with Crippen LogP contribution in [0.1, 0.15) is 145 Å². The predicted octanol–water partition coefficient (Wildman–Crippen LogP) is -7.24. The second-order valence-electron chi connectivity index (χ2n) is 33.3. The van der Waals surface area contributed by atoms with Crippen LogP contribution in [0.5, 0.6) is 11.5 Å². The number of hydrogen-bond donors (Lipinski definition) is 35. The van der Waals surface area contributed by atoms with Crippen LogP contribution in [0, 0.1) is 27.0 Å². The van der Waals surface area contributed by atoms with Crippen molar-refractivity contribution in [1.29, 1.82) is 27.0 Å². The predicted molar refractivity (Wildman–Crippen MR) is 521 cm³/mol. The molecule has 3 aromatic rings. The van der Waals surface area contributed by atoms with Gasteiger partial charge in [-0.25, -0.2) is 9.59 Å². The van der Waals surface area contributed by atoms with E-state index in [2.05, 4.69) is 95.7 Å². The highest BCUT2D eigenvalue weighted by molar-refractivity contribution is 8.76. The quantitative estimate of drug-likeness (QED) is 0.0108. The Morgan fingerprint density at radius 3 is 1.22 bits per heavy atom. The van der Waals surface area contributed by atoms with Gasteiger partial charge in [-0.15, -0.1) is 0 Å². The number of amides is 15. The van der Waals surface area contributed by atoms with Crippen LogP contribution < -0.4 is 147 Å². The molecule has 2 aliphatic rings. The maximum Gasteiger partial charge on any atom is 0.326 e. The molecule has 2 saturated heterocycles. The molecule has 3 aromatic carbocycles. The van der Waals surface area contributed by atoms with Crippen molar-refractivity contribution >= 4 is 140 Å². The monoisotopic (exact) mass is 1990 g/mol. The number of unbranched alkanes of at least 4 members (excludes halogenated alkanes) is 2. The second-order valence-corrected chi connectivity index (χ2v) is 35.8. The first kappa shape index (κ1) is 116. The number of aliphatic carboxylic acids is 1. The number of nitrogens with two attached hydrogens (primary N) is 9. The van der Waals surface area contributed by atoms with Crippen molar-refractivity contribution in [3.05, 3.63) is 95.6 Å². The van der Waals surface area contributed by atoms with Crippen LogP contribution >= 0.6 is 21.6 Å². The van der Waals surface area contributed by atoms with E-state index < -0.39 is 228 Å². The largest absolute Gasteiger partial charge is 0.508 e. The molecular weight excluding hydrogens is 1850 g/mol. The number of guanidine groups is 5. The van der Waals surface area contributed by atoms with Crippen LogP contribution in [-0.2, 0) is 86.4 Å². The van der Waals surface area contributed by atoms with Crippen LogP contribution in [0.2, 0.25) is 0 Å². The summed E-state index contributed by atoms with van der Waals surface area (Å²) in [6, 6.07) is -4.11. The van der Waals surface area contributed by atoms with Gasteiger partial charge in [0.15, 0.2) is 29.8 Å². The Balaban J connectivity index is 1.82. The Hall–Kier alpha value is -14.0. The number of urea groups is 1. The van der Waals surface area contributed by atoms with Gasteiger partial charge in [-0.2, -0.15) is 0 Å². The molecule has 0 radical (unpaired) electrons. The summed E-state index contributed by atoms with van der Waals surface area (Å²) in [6.07, 6.45) is -1.65. The second kappa shape index (κ2) is 62.7. The van der Waals surface area contributed by atoms with E-state index in [0.29, 0.717) is 24.0 Å². The van der Waals surface area contributed by atoms with Gasteiger partial charge >= 0.3 is 12.0 Å². The van der Waals surface area contributed by atoms with Crippen molar-refractivity contribution < 1.29 is 87.2 Å². The fourth-order valence-corrected chi connectivity index (χ4v) is 17.1. The molecule has 139 heavy (non-hydrogen) atoms. The zero-order chi connectivity index (χ0) is 102. The number of carbonyl (C=O) groups excluding carboxylic acids is 14. The number of hydrogen-bond acceptors (Lipinski definition) is 27. The van der Waals surface area contributed by atoms with Gasteiger partial charge in [0.2, 0.25) is 76.8 Å². The zero-order valence-electron chi connectivity index (χ0n) is 77.6. The summed E-state index contributed by atoms with van der Waals surface area (Å²) < 4.78 is 0. The number of carbonyl (C=O) groups is 15. The van der Waals surface area contributed by atoms with Crippen molar-refractivity contribution in [3.63, 3.8) is 0 Å². The molecule has 0 saturated carbocycles. The molecule has 53 heteroatoms. The first-order valence-electron chi connectivity index (χ1n) is 45.9. The van der Waals surface area contributed by atoms with E-state index in [0.717, 1.165) is 21.6 Å². The normalized spacial score (nSPS) is 20.4. The minimum atomic E-state index is -1.90. The fraction of sp³-hybridized carbons (Fsp3) is 0.558. The lowest BCUT2D eigenvalue weighted by atomic mass is 10.0. The average molecular weight is 1990 g/mol. The van der Waals surface area contributed by atoms with Crippen molar-refractivity contribution in [2.24, 2.45) is 51.6 Å². The minimum Gasteiger partial charge on any atom is -0.508 e. The van der Waals surface area contributed by atoms with Gasteiger partial charge < -0.3 is 168 Å².